The quantitative estimate of drug-likeness (QED) is 0.820. The van der Waals surface area contributed by atoms with Crippen LogP contribution in [0.3, 0.4) is 0 Å². The molecular formula is C14H11Cl3N2O. The summed E-state index contributed by atoms with van der Waals surface area (Å²) in [4.78, 5) is 11.7. The maximum absolute atomic E-state index is 11.7. The highest BCUT2D eigenvalue weighted by atomic mass is 35.5. The number of hydrogen-bond acceptors (Lipinski definition) is 1. The molecule has 2 amide bonds. The number of rotatable bonds is 3. The number of nitrogens with one attached hydrogen (secondary N) is 2. The lowest BCUT2D eigenvalue weighted by Gasteiger charge is -2.09. The van der Waals surface area contributed by atoms with Crippen molar-refractivity contribution in [2.24, 2.45) is 0 Å². The average molecular weight is 330 g/mol. The van der Waals surface area contributed by atoms with Gasteiger partial charge in [0.1, 0.15) is 0 Å². The molecule has 0 heterocycles. The maximum atomic E-state index is 11.7. The molecule has 0 spiro atoms. The monoisotopic (exact) mass is 328 g/mol. The topological polar surface area (TPSA) is 41.1 Å². The summed E-state index contributed by atoms with van der Waals surface area (Å²) in [6.07, 6.45) is 0. The van der Waals surface area contributed by atoms with Crippen molar-refractivity contribution in [2.45, 2.75) is 6.54 Å². The van der Waals surface area contributed by atoms with E-state index in [1.54, 1.807) is 42.5 Å². The average Bonchev–Trinajstić information content (AvgIpc) is 2.40. The fourth-order valence-corrected chi connectivity index (χ4v) is 2.15. The van der Waals surface area contributed by atoms with Crippen LogP contribution in [-0.2, 0) is 6.54 Å². The van der Waals surface area contributed by atoms with Gasteiger partial charge in [-0.25, -0.2) is 4.79 Å². The Hall–Kier alpha value is -1.42. The highest BCUT2D eigenvalue weighted by Crippen LogP contribution is 2.20. The van der Waals surface area contributed by atoms with Gasteiger partial charge in [0.15, 0.2) is 0 Å². The van der Waals surface area contributed by atoms with Crippen LogP contribution in [-0.4, -0.2) is 6.03 Å². The van der Waals surface area contributed by atoms with E-state index in [0.717, 1.165) is 5.56 Å². The molecule has 2 aromatic rings. The van der Waals surface area contributed by atoms with Crippen molar-refractivity contribution in [1.29, 1.82) is 0 Å². The van der Waals surface area contributed by atoms with Crippen molar-refractivity contribution < 1.29 is 4.79 Å². The van der Waals surface area contributed by atoms with E-state index >= 15 is 0 Å². The van der Waals surface area contributed by atoms with Crippen LogP contribution in [0.4, 0.5) is 10.5 Å². The minimum atomic E-state index is -0.321. The van der Waals surface area contributed by atoms with Gasteiger partial charge in [0, 0.05) is 27.3 Å². The maximum Gasteiger partial charge on any atom is 0.319 e. The zero-order valence-electron chi connectivity index (χ0n) is 10.3. The number of benzene rings is 2. The van der Waals surface area contributed by atoms with Crippen molar-refractivity contribution in [1.82, 2.24) is 5.32 Å². The Kier molecular flexibility index (Phi) is 5.12. The molecule has 0 aliphatic carbocycles. The Bertz CT molecular complexity index is 614. The number of urea groups is 1. The summed E-state index contributed by atoms with van der Waals surface area (Å²) in [7, 11) is 0. The molecule has 0 unspecified atom stereocenters. The van der Waals surface area contributed by atoms with Gasteiger partial charge >= 0.3 is 6.03 Å². The minimum Gasteiger partial charge on any atom is -0.334 e. The third kappa shape index (κ3) is 4.30. The van der Waals surface area contributed by atoms with Crippen LogP contribution in [0, 0.1) is 0 Å². The Labute approximate surface area is 131 Å². The first-order chi connectivity index (χ1) is 9.54. The van der Waals surface area contributed by atoms with Crippen molar-refractivity contribution >= 4 is 46.5 Å². The van der Waals surface area contributed by atoms with E-state index in [2.05, 4.69) is 10.6 Å². The summed E-state index contributed by atoms with van der Waals surface area (Å²) in [6.45, 7) is 0.315. The fraction of sp³-hybridized carbons (Fsp3) is 0.0714. The Morgan fingerprint density at radius 3 is 2.25 bits per heavy atom. The number of halogens is 3. The molecule has 6 heteroatoms. The van der Waals surface area contributed by atoms with Crippen LogP contribution in [0.15, 0.2) is 42.5 Å². The van der Waals surface area contributed by atoms with Gasteiger partial charge in [0.2, 0.25) is 0 Å². The van der Waals surface area contributed by atoms with E-state index < -0.39 is 0 Å². The summed E-state index contributed by atoms with van der Waals surface area (Å²) in [5.41, 5.74) is 1.46. The van der Waals surface area contributed by atoms with Crippen molar-refractivity contribution in [3.63, 3.8) is 0 Å². The number of carbonyl (C=O) groups excluding carboxylic acids is 1. The molecule has 0 bridgehead atoms. The van der Waals surface area contributed by atoms with E-state index in [9.17, 15) is 4.79 Å². The second-order valence-corrected chi connectivity index (χ2v) is 5.33. The highest BCUT2D eigenvalue weighted by molar-refractivity contribution is 6.35. The lowest BCUT2D eigenvalue weighted by molar-refractivity contribution is 0.252. The normalized spacial score (nSPS) is 10.2. The number of amides is 2. The number of carbonyl (C=O) groups is 1. The van der Waals surface area contributed by atoms with E-state index in [1.807, 2.05) is 0 Å². The molecule has 0 saturated heterocycles. The molecule has 0 saturated carbocycles. The first kappa shape index (κ1) is 15.0. The van der Waals surface area contributed by atoms with E-state index in [4.69, 9.17) is 34.8 Å². The minimum absolute atomic E-state index is 0.315. The molecule has 2 N–H and O–H groups in total. The number of anilines is 1. The molecule has 0 aliphatic heterocycles. The molecule has 0 atom stereocenters. The molecule has 2 rings (SSSR count). The Morgan fingerprint density at radius 2 is 1.60 bits per heavy atom. The second kappa shape index (κ2) is 6.84. The largest absolute Gasteiger partial charge is 0.334 e. The molecule has 2 aromatic carbocycles. The SMILES string of the molecule is O=C(NCc1ccc(Cl)cc1Cl)Nc1ccc(Cl)cc1. The van der Waals surface area contributed by atoms with Gasteiger partial charge in [0.25, 0.3) is 0 Å². The summed E-state index contributed by atoms with van der Waals surface area (Å²) < 4.78 is 0. The molecule has 0 radical (unpaired) electrons. The van der Waals surface area contributed by atoms with Crippen LogP contribution < -0.4 is 10.6 Å². The summed E-state index contributed by atoms with van der Waals surface area (Å²) in [6, 6.07) is 11.7. The van der Waals surface area contributed by atoms with E-state index in [1.165, 1.54) is 0 Å². The smallest absolute Gasteiger partial charge is 0.319 e. The molecular weight excluding hydrogens is 319 g/mol. The molecule has 20 heavy (non-hydrogen) atoms. The van der Waals surface area contributed by atoms with Crippen LogP contribution in [0.5, 0.6) is 0 Å². The summed E-state index contributed by atoms with van der Waals surface area (Å²) >= 11 is 17.6. The molecule has 3 nitrogen and oxygen atoms in total. The van der Waals surface area contributed by atoms with Crippen molar-refractivity contribution in [3.8, 4) is 0 Å². The zero-order valence-corrected chi connectivity index (χ0v) is 12.6. The molecule has 104 valence electrons. The van der Waals surface area contributed by atoms with Crippen LogP contribution in [0.2, 0.25) is 15.1 Å². The molecule has 0 aromatic heterocycles. The van der Waals surface area contributed by atoms with Gasteiger partial charge < -0.3 is 10.6 Å². The van der Waals surface area contributed by atoms with Gasteiger partial charge in [-0.05, 0) is 42.0 Å². The first-order valence-electron chi connectivity index (χ1n) is 5.79. The van der Waals surface area contributed by atoms with E-state index in [0.29, 0.717) is 27.3 Å². The highest BCUT2D eigenvalue weighted by Gasteiger charge is 2.05. The van der Waals surface area contributed by atoms with Crippen molar-refractivity contribution in [3.05, 3.63) is 63.1 Å². The predicted octanol–water partition coefficient (Wildman–Crippen LogP) is 4.97. The summed E-state index contributed by atoms with van der Waals surface area (Å²) in [5, 5.41) is 7.10. The molecule has 0 fully saturated rings. The lowest BCUT2D eigenvalue weighted by atomic mass is 10.2. The van der Waals surface area contributed by atoms with Gasteiger partial charge in [-0.3, -0.25) is 0 Å². The number of hydrogen-bond donors (Lipinski definition) is 2. The van der Waals surface area contributed by atoms with Gasteiger partial charge in [-0.2, -0.15) is 0 Å². The van der Waals surface area contributed by atoms with E-state index in [-0.39, 0.29) is 6.03 Å². The lowest BCUT2D eigenvalue weighted by Crippen LogP contribution is -2.28. The third-order valence-corrected chi connectivity index (χ3v) is 3.40. The van der Waals surface area contributed by atoms with Crippen LogP contribution >= 0.6 is 34.8 Å². The van der Waals surface area contributed by atoms with Gasteiger partial charge in [0.05, 0.1) is 0 Å². The summed E-state index contributed by atoms with van der Waals surface area (Å²) in [5.74, 6) is 0. The second-order valence-electron chi connectivity index (χ2n) is 4.05. The van der Waals surface area contributed by atoms with Crippen molar-refractivity contribution in [2.75, 3.05) is 5.32 Å². The standard InChI is InChI=1S/C14H11Cl3N2O/c15-10-3-5-12(6-4-10)19-14(20)18-8-9-1-2-11(16)7-13(9)17/h1-7H,8H2,(H2,18,19,20). The Balaban J connectivity index is 1.90. The predicted molar refractivity (Wildman–Crippen MR) is 83.8 cm³/mol. The Morgan fingerprint density at radius 1 is 0.950 bits per heavy atom. The first-order valence-corrected chi connectivity index (χ1v) is 6.92. The van der Waals surface area contributed by atoms with Gasteiger partial charge in [-0.1, -0.05) is 40.9 Å². The van der Waals surface area contributed by atoms with Crippen LogP contribution in [0.1, 0.15) is 5.56 Å². The van der Waals surface area contributed by atoms with Crippen LogP contribution in [0.25, 0.3) is 0 Å². The zero-order chi connectivity index (χ0) is 14.5. The third-order valence-electron chi connectivity index (χ3n) is 2.56. The van der Waals surface area contributed by atoms with Gasteiger partial charge in [-0.15, -0.1) is 0 Å². The molecule has 0 aliphatic rings. The fourth-order valence-electron chi connectivity index (χ4n) is 1.55.